The predicted molar refractivity (Wildman–Crippen MR) is 66.6 cm³/mol. The summed E-state index contributed by atoms with van der Waals surface area (Å²) in [7, 11) is 1.46. The van der Waals surface area contributed by atoms with Crippen molar-refractivity contribution in [3.63, 3.8) is 0 Å². The fraction of sp³-hybridized carbons (Fsp3) is 0.538. The van der Waals surface area contributed by atoms with Gasteiger partial charge in [0.2, 0.25) is 0 Å². The SMILES string of the molecule is COc1cc(C(NN)C2CCCOC2)ccc1F. The van der Waals surface area contributed by atoms with Crippen molar-refractivity contribution < 1.29 is 13.9 Å². The number of nitrogens with two attached hydrogens (primary N) is 1. The molecule has 1 saturated heterocycles. The van der Waals surface area contributed by atoms with Crippen LogP contribution in [0, 0.1) is 11.7 Å². The van der Waals surface area contributed by atoms with Crippen LogP contribution in [0.15, 0.2) is 18.2 Å². The molecule has 1 heterocycles. The maximum absolute atomic E-state index is 13.4. The quantitative estimate of drug-likeness (QED) is 0.635. The van der Waals surface area contributed by atoms with Gasteiger partial charge in [0, 0.05) is 12.5 Å². The number of halogens is 1. The first-order chi connectivity index (χ1) is 8.76. The number of rotatable bonds is 4. The van der Waals surface area contributed by atoms with Crippen molar-refractivity contribution in [3.8, 4) is 5.75 Å². The van der Waals surface area contributed by atoms with Gasteiger partial charge in [-0.2, -0.15) is 0 Å². The molecule has 1 aromatic rings. The van der Waals surface area contributed by atoms with Gasteiger partial charge in [-0.05, 0) is 30.5 Å². The molecule has 2 rings (SSSR count). The van der Waals surface area contributed by atoms with Crippen LogP contribution in [-0.4, -0.2) is 20.3 Å². The molecule has 0 amide bonds. The minimum atomic E-state index is -0.364. The van der Waals surface area contributed by atoms with Crippen molar-refractivity contribution in [2.45, 2.75) is 18.9 Å². The Kier molecular flexibility index (Phi) is 4.52. The average Bonchev–Trinajstić information content (AvgIpc) is 2.42. The summed E-state index contributed by atoms with van der Waals surface area (Å²) in [6, 6.07) is 4.79. The zero-order valence-electron chi connectivity index (χ0n) is 10.5. The molecule has 100 valence electrons. The van der Waals surface area contributed by atoms with Crippen LogP contribution in [-0.2, 0) is 4.74 Å². The van der Waals surface area contributed by atoms with Crippen molar-refractivity contribution in [1.29, 1.82) is 0 Å². The molecule has 0 saturated carbocycles. The van der Waals surface area contributed by atoms with Crippen LogP contribution in [0.25, 0.3) is 0 Å². The van der Waals surface area contributed by atoms with E-state index in [1.54, 1.807) is 12.1 Å². The van der Waals surface area contributed by atoms with Crippen molar-refractivity contribution in [2.24, 2.45) is 11.8 Å². The number of hydrogen-bond donors (Lipinski definition) is 2. The topological polar surface area (TPSA) is 56.5 Å². The first kappa shape index (κ1) is 13.3. The summed E-state index contributed by atoms with van der Waals surface area (Å²) in [6.07, 6.45) is 2.08. The fourth-order valence-electron chi connectivity index (χ4n) is 2.40. The molecule has 0 aliphatic carbocycles. The second-order valence-corrected chi connectivity index (χ2v) is 4.52. The molecule has 0 bridgehead atoms. The standard InChI is InChI=1S/C13H19FN2O2/c1-17-12-7-9(4-5-11(12)14)13(16-15)10-3-2-6-18-8-10/h4-5,7,10,13,16H,2-3,6,8,15H2,1H3. The second kappa shape index (κ2) is 6.13. The maximum Gasteiger partial charge on any atom is 0.165 e. The third-order valence-corrected chi connectivity index (χ3v) is 3.38. The molecule has 2 atom stereocenters. The third-order valence-electron chi connectivity index (χ3n) is 3.38. The van der Waals surface area contributed by atoms with Crippen LogP contribution >= 0.6 is 0 Å². The number of benzene rings is 1. The summed E-state index contributed by atoms with van der Waals surface area (Å²) < 4.78 is 23.8. The van der Waals surface area contributed by atoms with E-state index in [1.165, 1.54) is 13.2 Å². The van der Waals surface area contributed by atoms with Gasteiger partial charge in [0.25, 0.3) is 0 Å². The molecular weight excluding hydrogens is 235 g/mol. The van der Waals surface area contributed by atoms with Crippen molar-refractivity contribution >= 4 is 0 Å². The molecule has 1 aliphatic heterocycles. The van der Waals surface area contributed by atoms with Crippen LogP contribution in [0.3, 0.4) is 0 Å². The molecule has 4 nitrogen and oxygen atoms in total. The monoisotopic (exact) mass is 254 g/mol. The Bertz CT molecular complexity index is 395. The van der Waals surface area contributed by atoms with Crippen LogP contribution in [0.5, 0.6) is 5.75 Å². The van der Waals surface area contributed by atoms with E-state index in [2.05, 4.69) is 5.43 Å². The lowest BCUT2D eigenvalue weighted by Gasteiger charge is -2.30. The lowest BCUT2D eigenvalue weighted by molar-refractivity contribution is 0.0390. The van der Waals surface area contributed by atoms with E-state index < -0.39 is 0 Å². The summed E-state index contributed by atoms with van der Waals surface area (Å²) in [5.41, 5.74) is 3.72. The first-order valence-electron chi connectivity index (χ1n) is 6.13. The van der Waals surface area contributed by atoms with Gasteiger partial charge >= 0.3 is 0 Å². The Hall–Kier alpha value is -1.17. The lowest BCUT2D eigenvalue weighted by Crippen LogP contribution is -2.37. The summed E-state index contributed by atoms with van der Waals surface area (Å²) in [5.74, 6) is 5.81. The number of nitrogens with one attached hydrogen (secondary N) is 1. The summed E-state index contributed by atoms with van der Waals surface area (Å²) >= 11 is 0. The number of hydrogen-bond acceptors (Lipinski definition) is 4. The van der Waals surface area contributed by atoms with Crippen molar-refractivity contribution in [3.05, 3.63) is 29.6 Å². The highest BCUT2D eigenvalue weighted by atomic mass is 19.1. The Morgan fingerprint density at radius 3 is 3.00 bits per heavy atom. The van der Waals surface area contributed by atoms with Crippen LogP contribution in [0.2, 0.25) is 0 Å². The van der Waals surface area contributed by atoms with Crippen molar-refractivity contribution in [1.82, 2.24) is 5.43 Å². The van der Waals surface area contributed by atoms with Gasteiger partial charge < -0.3 is 9.47 Å². The largest absolute Gasteiger partial charge is 0.494 e. The molecule has 2 unspecified atom stereocenters. The van der Waals surface area contributed by atoms with E-state index in [4.69, 9.17) is 15.3 Å². The Labute approximate surface area is 106 Å². The molecular formula is C13H19FN2O2. The number of hydrazine groups is 1. The van der Waals surface area contributed by atoms with Gasteiger partial charge in [0.05, 0.1) is 19.8 Å². The molecule has 1 aromatic carbocycles. The van der Waals surface area contributed by atoms with Crippen LogP contribution in [0.4, 0.5) is 4.39 Å². The molecule has 1 fully saturated rings. The second-order valence-electron chi connectivity index (χ2n) is 4.52. The molecule has 18 heavy (non-hydrogen) atoms. The van der Waals surface area contributed by atoms with Crippen LogP contribution in [0.1, 0.15) is 24.4 Å². The highest BCUT2D eigenvalue weighted by Crippen LogP contribution is 2.30. The lowest BCUT2D eigenvalue weighted by atomic mass is 9.89. The third kappa shape index (κ3) is 2.80. The zero-order chi connectivity index (χ0) is 13.0. The van der Waals surface area contributed by atoms with Gasteiger partial charge in [-0.3, -0.25) is 11.3 Å². The summed E-state index contributed by atoms with van der Waals surface area (Å²) in [6.45, 7) is 1.48. The molecule has 5 heteroatoms. The minimum absolute atomic E-state index is 0.0419. The van der Waals surface area contributed by atoms with Gasteiger partial charge in [0.15, 0.2) is 11.6 Å². The zero-order valence-corrected chi connectivity index (χ0v) is 10.5. The van der Waals surface area contributed by atoms with E-state index in [9.17, 15) is 4.39 Å². The van der Waals surface area contributed by atoms with Crippen LogP contribution < -0.4 is 16.0 Å². The minimum Gasteiger partial charge on any atom is -0.494 e. The van der Waals surface area contributed by atoms with Crippen molar-refractivity contribution in [2.75, 3.05) is 20.3 Å². The highest BCUT2D eigenvalue weighted by molar-refractivity contribution is 5.32. The molecule has 1 aliphatic rings. The highest BCUT2D eigenvalue weighted by Gasteiger charge is 2.25. The van der Waals surface area contributed by atoms with Gasteiger partial charge in [0.1, 0.15) is 0 Å². The molecule has 0 aromatic heterocycles. The molecule has 0 radical (unpaired) electrons. The van der Waals surface area contributed by atoms with E-state index >= 15 is 0 Å². The van der Waals surface area contributed by atoms with Gasteiger partial charge in [-0.25, -0.2) is 4.39 Å². The molecule has 0 spiro atoms. The number of ether oxygens (including phenoxy) is 2. The van der Waals surface area contributed by atoms with E-state index in [-0.39, 0.29) is 17.6 Å². The maximum atomic E-state index is 13.4. The normalized spacial score (nSPS) is 21.6. The summed E-state index contributed by atoms with van der Waals surface area (Å²) in [5, 5.41) is 0. The fourth-order valence-corrected chi connectivity index (χ4v) is 2.40. The van der Waals surface area contributed by atoms with Gasteiger partial charge in [-0.15, -0.1) is 0 Å². The van der Waals surface area contributed by atoms with Gasteiger partial charge in [-0.1, -0.05) is 6.07 Å². The predicted octanol–water partition coefficient (Wildman–Crippen LogP) is 1.77. The average molecular weight is 254 g/mol. The Morgan fingerprint density at radius 2 is 2.39 bits per heavy atom. The Balaban J connectivity index is 2.20. The van der Waals surface area contributed by atoms with E-state index in [0.29, 0.717) is 12.5 Å². The van der Waals surface area contributed by atoms with E-state index in [1.807, 2.05) is 0 Å². The Morgan fingerprint density at radius 1 is 1.56 bits per heavy atom. The van der Waals surface area contributed by atoms with E-state index in [0.717, 1.165) is 25.0 Å². The first-order valence-corrected chi connectivity index (χ1v) is 6.13. The smallest absolute Gasteiger partial charge is 0.165 e. The number of methoxy groups -OCH3 is 1. The summed E-state index contributed by atoms with van der Waals surface area (Å²) in [4.78, 5) is 0. The molecule has 3 N–H and O–H groups in total.